The van der Waals surface area contributed by atoms with Crippen LogP contribution in [-0.4, -0.2) is 25.8 Å². The summed E-state index contributed by atoms with van der Waals surface area (Å²) in [5.41, 5.74) is 1.77. The Labute approximate surface area is 193 Å². The second-order valence-electron chi connectivity index (χ2n) is 6.41. The van der Waals surface area contributed by atoms with Crippen molar-refractivity contribution in [2.45, 2.75) is 37.8 Å². The van der Waals surface area contributed by atoms with Crippen LogP contribution in [0.25, 0.3) is 0 Å². The van der Waals surface area contributed by atoms with Crippen molar-refractivity contribution in [3.63, 3.8) is 0 Å². The van der Waals surface area contributed by atoms with Crippen LogP contribution in [0.4, 0.5) is 5.69 Å². The minimum atomic E-state index is -3.72. The fourth-order valence-corrected chi connectivity index (χ4v) is 2.95. The number of sulfonamides is 1. The zero-order chi connectivity index (χ0) is 21.3. The highest BCUT2D eigenvalue weighted by atomic mass is 127. The lowest BCUT2D eigenvalue weighted by Gasteiger charge is -2.12. The van der Waals surface area contributed by atoms with Gasteiger partial charge in [0.1, 0.15) is 0 Å². The molecule has 164 valence electrons. The first kappa shape index (κ1) is 25.8. The number of halogens is 1. The number of unbranched alkanes of at least 4 members (excludes halogenated alkanes) is 1. The van der Waals surface area contributed by atoms with E-state index in [1.54, 1.807) is 24.3 Å². The van der Waals surface area contributed by atoms with E-state index in [0.717, 1.165) is 30.5 Å². The van der Waals surface area contributed by atoms with Crippen LogP contribution < -0.4 is 15.8 Å². The average Bonchev–Trinajstić information content (AvgIpc) is 2.69. The maximum absolute atomic E-state index is 11.3. The van der Waals surface area contributed by atoms with Gasteiger partial charge in [-0.3, -0.25) is 10.1 Å². The number of hydrogen-bond acceptors (Lipinski definition) is 5. The van der Waals surface area contributed by atoms with Crippen LogP contribution in [0.5, 0.6) is 0 Å². The van der Waals surface area contributed by atoms with E-state index in [1.165, 1.54) is 24.3 Å². The fourth-order valence-electron chi connectivity index (χ4n) is 2.43. The van der Waals surface area contributed by atoms with Crippen LogP contribution >= 0.6 is 24.0 Å². The summed E-state index contributed by atoms with van der Waals surface area (Å²) in [6, 6.07) is 12.6. The Morgan fingerprint density at radius 1 is 1.07 bits per heavy atom. The van der Waals surface area contributed by atoms with Crippen LogP contribution in [0, 0.1) is 10.1 Å². The molecule has 2 aromatic rings. The van der Waals surface area contributed by atoms with Crippen molar-refractivity contribution < 1.29 is 13.3 Å². The van der Waals surface area contributed by atoms with Crippen LogP contribution in [-0.2, 0) is 23.1 Å². The van der Waals surface area contributed by atoms with Crippen molar-refractivity contribution in [1.29, 1.82) is 0 Å². The molecule has 0 bridgehead atoms. The van der Waals surface area contributed by atoms with Crippen molar-refractivity contribution in [2.75, 3.05) is 6.54 Å². The molecule has 0 aliphatic carbocycles. The molecule has 30 heavy (non-hydrogen) atoms. The number of aliphatic imine (C=N–C) groups is 1. The standard InChI is InChI=1S/C19H25N5O4S.HI/c1-2-3-12-21-19(22-13-15-4-8-17(9-5-15)24(25)26)23-14-16-6-10-18(11-7-16)29(20,27)28;/h4-11H,2-3,12-14H2,1H3,(H2,20,27,28)(H2,21,22,23);1H. The minimum Gasteiger partial charge on any atom is -0.356 e. The van der Waals surface area contributed by atoms with E-state index in [0.29, 0.717) is 19.0 Å². The van der Waals surface area contributed by atoms with E-state index in [9.17, 15) is 18.5 Å². The summed E-state index contributed by atoms with van der Waals surface area (Å²) in [5, 5.41) is 22.3. The summed E-state index contributed by atoms with van der Waals surface area (Å²) in [7, 11) is -3.72. The molecule has 9 nitrogen and oxygen atoms in total. The highest BCUT2D eigenvalue weighted by Crippen LogP contribution is 2.12. The quantitative estimate of drug-likeness (QED) is 0.110. The van der Waals surface area contributed by atoms with Gasteiger partial charge in [0.2, 0.25) is 10.0 Å². The van der Waals surface area contributed by atoms with Gasteiger partial charge in [0.05, 0.1) is 16.4 Å². The Kier molecular flexibility index (Phi) is 10.7. The van der Waals surface area contributed by atoms with Gasteiger partial charge in [0, 0.05) is 25.2 Å². The molecule has 0 amide bonds. The summed E-state index contributed by atoms with van der Waals surface area (Å²) < 4.78 is 22.7. The van der Waals surface area contributed by atoms with Crippen LogP contribution in [0.1, 0.15) is 30.9 Å². The highest BCUT2D eigenvalue weighted by molar-refractivity contribution is 14.0. The van der Waals surface area contributed by atoms with Crippen molar-refractivity contribution in [3.05, 3.63) is 69.8 Å². The zero-order valence-corrected chi connectivity index (χ0v) is 19.7. The molecule has 0 aliphatic rings. The number of nitrogens with zero attached hydrogens (tertiary/aromatic N) is 2. The molecule has 2 aromatic carbocycles. The predicted octanol–water partition coefficient (Wildman–Crippen LogP) is 2.90. The van der Waals surface area contributed by atoms with Crippen LogP contribution in [0.2, 0.25) is 0 Å². The second-order valence-corrected chi connectivity index (χ2v) is 7.97. The molecule has 0 atom stereocenters. The van der Waals surface area contributed by atoms with Gasteiger partial charge >= 0.3 is 0 Å². The number of nitro benzene ring substituents is 1. The summed E-state index contributed by atoms with van der Waals surface area (Å²) in [6.45, 7) is 3.66. The number of nitrogens with one attached hydrogen (secondary N) is 2. The lowest BCUT2D eigenvalue weighted by atomic mass is 10.2. The van der Waals surface area contributed by atoms with Gasteiger partial charge in [0.25, 0.3) is 5.69 Å². The molecule has 0 spiro atoms. The largest absolute Gasteiger partial charge is 0.356 e. The molecular formula is C19H26IN5O4S. The normalized spacial score (nSPS) is 11.5. The Hall–Kier alpha value is -2.25. The summed E-state index contributed by atoms with van der Waals surface area (Å²) >= 11 is 0. The summed E-state index contributed by atoms with van der Waals surface area (Å²) in [4.78, 5) is 14.9. The molecule has 11 heteroatoms. The molecule has 0 aliphatic heterocycles. The Bertz CT molecular complexity index is 948. The zero-order valence-electron chi connectivity index (χ0n) is 16.6. The van der Waals surface area contributed by atoms with Gasteiger partial charge in [-0.25, -0.2) is 18.5 Å². The minimum absolute atomic E-state index is 0. The molecule has 0 saturated heterocycles. The van der Waals surface area contributed by atoms with Gasteiger partial charge in [-0.1, -0.05) is 37.6 Å². The van der Waals surface area contributed by atoms with Crippen LogP contribution in [0.3, 0.4) is 0 Å². The number of rotatable bonds is 9. The van der Waals surface area contributed by atoms with E-state index in [-0.39, 0.29) is 34.6 Å². The Balaban J connectivity index is 0.00000450. The van der Waals surface area contributed by atoms with Crippen molar-refractivity contribution in [2.24, 2.45) is 10.1 Å². The van der Waals surface area contributed by atoms with Crippen molar-refractivity contribution in [3.8, 4) is 0 Å². The number of nitrogens with two attached hydrogens (primary N) is 1. The Morgan fingerprint density at radius 3 is 2.20 bits per heavy atom. The van der Waals surface area contributed by atoms with Gasteiger partial charge in [-0.2, -0.15) is 0 Å². The summed E-state index contributed by atoms with van der Waals surface area (Å²) in [6.07, 6.45) is 2.03. The Morgan fingerprint density at radius 2 is 1.67 bits per heavy atom. The molecule has 4 N–H and O–H groups in total. The van der Waals surface area contributed by atoms with E-state index in [4.69, 9.17) is 5.14 Å². The monoisotopic (exact) mass is 547 g/mol. The number of guanidine groups is 1. The molecule has 2 rings (SSSR count). The van der Waals surface area contributed by atoms with E-state index in [2.05, 4.69) is 22.5 Å². The first-order chi connectivity index (χ1) is 13.8. The number of primary sulfonamides is 1. The average molecular weight is 547 g/mol. The van der Waals surface area contributed by atoms with Gasteiger partial charge in [-0.15, -0.1) is 24.0 Å². The maximum atomic E-state index is 11.3. The molecular weight excluding hydrogens is 521 g/mol. The molecule has 0 unspecified atom stereocenters. The lowest BCUT2D eigenvalue weighted by molar-refractivity contribution is -0.384. The van der Waals surface area contributed by atoms with E-state index in [1.807, 2.05) is 0 Å². The number of benzene rings is 2. The van der Waals surface area contributed by atoms with Gasteiger partial charge in [-0.05, 0) is 29.7 Å². The fraction of sp³-hybridized carbons (Fsp3) is 0.316. The summed E-state index contributed by atoms with van der Waals surface area (Å²) in [5.74, 6) is 0.604. The molecule has 0 aromatic heterocycles. The molecule has 0 radical (unpaired) electrons. The molecule has 0 fully saturated rings. The smallest absolute Gasteiger partial charge is 0.269 e. The maximum Gasteiger partial charge on any atom is 0.269 e. The van der Waals surface area contributed by atoms with E-state index < -0.39 is 14.9 Å². The SMILES string of the molecule is CCCCNC(=NCc1ccc(S(N)(=O)=O)cc1)NCc1ccc([N+](=O)[O-])cc1.I. The molecule has 0 saturated carbocycles. The van der Waals surface area contributed by atoms with Gasteiger partial charge in [0.15, 0.2) is 5.96 Å². The number of non-ortho nitro benzene ring substituents is 1. The lowest BCUT2D eigenvalue weighted by Crippen LogP contribution is -2.37. The number of hydrogen-bond donors (Lipinski definition) is 3. The van der Waals surface area contributed by atoms with Gasteiger partial charge < -0.3 is 10.6 Å². The first-order valence-corrected chi connectivity index (χ1v) is 10.7. The van der Waals surface area contributed by atoms with Crippen molar-refractivity contribution in [1.82, 2.24) is 10.6 Å². The third-order valence-corrected chi connectivity index (χ3v) is 5.03. The highest BCUT2D eigenvalue weighted by Gasteiger charge is 2.07. The second kappa shape index (κ2) is 12.4. The first-order valence-electron chi connectivity index (χ1n) is 9.17. The molecule has 0 heterocycles. The number of nitro groups is 1. The van der Waals surface area contributed by atoms with E-state index >= 15 is 0 Å². The van der Waals surface area contributed by atoms with Crippen LogP contribution in [0.15, 0.2) is 58.4 Å². The topological polar surface area (TPSA) is 140 Å². The van der Waals surface area contributed by atoms with Crippen molar-refractivity contribution >= 4 is 45.6 Å². The third kappa shape index (κ3) is 8.63. The third-order valence-electron chi connectivity index (χ3n) is 4.10. The predicted molar refractivity (Wildman–Crippen MR) is 127 cm³/mol.